The van der Waals surface area contributed by atoms with E-state index in [1.807, 2.05) is 0 Å². The van der Waals surface area contributed by atoms with Gasteiger partial charge in [0, 0.05) is 70.5 Å². The molecule has 10 nitrogen and oxygen atoms in total. The summed E-state index contributed by atoms with van der Waals surface area (Å²) in [6.07, 6.45) is 3.46. The molecule has 0 bridgehead atoms. The predicted octanol–water partition coefficient (Wildman–Crippen LogP) is 2.36. The Labute approximate surface area is 240 Å². The van der Waals surface area contributed by atoms with Crippen molar-refractivity contribution in [2.45, 2.75) is 64.7 Å². The number of nitrogens with one attached hydrogen (secondary N) is 2. The quantitative estimate of drug-likeness (QED) is 0.300. The zero-order valence-corrected chi connectivity index (χ0v) is 25.0. The van der Waals surface area contributed by atoms with Crippen molar-refractivity contribution in [3.63, 3.8) is 0 Å². The first kappa shape index (κ1) is 30.1. The molecular formula is C27H44ClN9OS. The maximum atomic E-state index is 10.9. The van der Waals surface area contributed by atoms with E-state index in [1.54, 1.807) is 0 Å². The van der Waals surface area contributed by atoms with Crippen LogP contribution in [0.25, 0.3) is 0 Å². The Morgan fingerprint density at radius 2 is 1.85 bits per heavy atom. The standard InChI is InChI=1S/C27H44ClN9OS/c1-4-22-18-36(27-25(28)33-24(26(29)34-27)17-31-11-12-32-39(30)38)15-16-37(22)23-9-13-35(14-10-23)20(3)21-7-5-19(2)6-8-21/h5-8,20,22-23,31-32H,4,9-18,30H2,1-3H3,(H2,29,34). The summed E-state index contributed by atoms with van der Waals surface area (Å²) >= 11 is 5.09. The van der Waals surface area contributed by atoms with Crippen LogP contribution in [0.15, 0.2) is 24.3 Å². The topological polar surface area (TPSA) is 129 Å². The largest absolute Gasteiger partial charge is 0.382 e. The Hall–Kier alpha value is -1.86. The van der Waals surface area contributed by atoms with Crippen LogP contribution in [0.2, 0.25) is 5.15 Å². The first-order valence-corrected chi connectivity index (χ1v) is 15.6. The van der Waals surface area contributed by atoms with Gasteiger partial charge in [0.25, 0.3) is 0 Å². The van der Waals surface area contributed by atoms with Crippen molar-refractivity contribution in [3.05, 3.63) is 46.2 Å². The number of nitrogens with zero attached hydrogens (tertiary/aromatic N) is 5. The van der Waals surface area contributed by atoms with Gasteiger partial charge in [0.1, 0.15) is 5.82 Å². The molecule has 2 aliphatic heterocycles. The van der Waals surface area contributed by atoms with E-state index in [-0.39, 0.29) is 0 Å². The van der Waals surface area contributed by atoms with E-state index in [9.17, 15) is 4.21 Å². The van der Waals surface area contributed by atoms with Crippen LogP contribution in [0, 0.1) is 6.92 Å². The maximum absolute atomic E-state index is 10.9. The summed E-state index contributed by atoms with van der Waals surface area (Å²) in [5.41, 5.74) is 9.58. The van der Waals surface area contributed by atoms with Crippen LogP contribution in [0.5, 0.6) is 0 Å². The summed E-state index contributed by atoms with van der Waals surface area (Å²) in [4.78, 5) is 16.8. The first-order valence-electron chi connectivity index (χ1n) is 14.0. The molecule has 2 fully saturated rings. The van der Waals surface area contributed by atoms with Crippen molar-refractivity contribution in [1.82, 2.24) is 29.8 Å². The highest BCUT2D eigenvalue weighted by Crippen LogP contribution is 2.31. The molecule has 0 radical (unpaired) electrons. The zero-order valence-electron chi connectivity index (χ0n) is 23.4. The number of piperazine rings is 1. The van der Waals surface area contributed by atoms with Crippen LogP contribution in [-0.4, -0.2) is 81.9 Å². The maximum Gasteiger partial charge on any atom is 0.172 e. The molecule has 1 aromatic carbocycles. The summed E-state index contributed by atoms with van der Waals surface area (Å²) in [5, 5.41) is 8.76. The third-order valence-electron chi connectivity index (χ3n) is 8.15. The van der Waals surface area contributed by atoms with Crippen molar-refractivity contribution >= 4 is 34.4 Å². The Morgan fingerprint density at radius 3 is 2.51 bits per heavy atom. The van der Waals surface area contributed by atoms with Crippen LogP contribution in [0.1, 0.15) is 56.0 Å². The van der Waals surface area contributed by atoms with Gasteiger partial charge in [0.2, 0.25) is 0 Å². The number of halogens is 1. The fourth-order valence-electron chi connectivity index (χ4n) is 5.80. The number of nitrogen functional groups attached to an aromatic ring is 1. The van der Waals surface area contributed by atoms with Crippen molar-refractivity contribution in [1.29, 1.82) is 0 Å². The SMILES string of the molecule is CCC1CN(c2nc(N)c(CNCCNS(N)=O)nc2Cl)CCN1C1CCN(C(C)c2ccc(C)cc2)CC1. The molecule has 0 spiro atoms. The second kappa shape index (κ2) is 14.2. The van der Waals surface area contributed by atoms with Gasteiger partial charge in [-0.2, -0.15) is 0 Å². The van der Waals surface area contributed by atoms with Gasteiger partial charge in [-0.3, -0.25) is 9.80 Å². The minimum absolute atomic E-state index is 0.378. The molecule has 0 saturated carbocycles. The molecule has 2 aromatic rings. The van der Waals surface area contributed by atoms with Gasteiger partial charge in [-0.1, -0.05) is 48.4 Å². The van der Waals surface area contributed by atoms with Crippen LogP contribution >= 0.6 is 11.6 Å². The van der Waals surface area contributed by atoms with E-state index >= 15 is 0 Å². The van der Waals surface area contributed by atoms with Gasteiger partial charge in [-0.25, -0.2) is 24.0 Å². The van der Waals surface area contributed by atoms with Gasteiger partial charge >= 0.3 is 0 Å². The van der Waals surface area contributed by atoms with Gasteiger partial charge in [0.05, 0.1) is 5.69 Å². The van der Waals surface area contributed by atoms with Crippen molar-refractivity contribution in [2.24, 2.45) is 5.14 Å². The van der Waals surface area contributed by atoms with Gasteiger partial charge in [0.15, 0.2) is 22.1 Å². The zero-order chi connectivity index (χ0) is 27.9. The van der Waals surface area contributed by atoms with Gasteiger partial charge < -0.3 is 16.0 Å². The third-order valence-corrected chi connectivity index (χ3v) is 8.90. The molecule has 216 valence electrons. The summed E-state index contributed by atoms with van der Waals surface area (Å²) in [5.74, 6) is 1.04. The minimum Gasteiger partial charge on any atom is -0.382 e. The molecule has 4 rings (SSSR count). The summed E-state index contributed by atoms with van der Waals surface area (Å²) in [7, 11) is 0. The highest BCUT2D eigenvalue weighted by atomic mass is 35.5. The number of aryl methyl sites for hydroxylation is 1. The number of hydrogen-bond donors (Lipinski definition) is 4. The summed E-state index contributed by atoms with van der Waals surface area (Å²) in [6.45, 7) is 13.1. The lowest BCUT2D eigenvalue weighted by atomic mass is 9.96. The van der Waals surface area contributed by atoms with E-state index in [2.05, 4.69) is 79.7 Å². The molecule has 6 N–H and O–H groups in total. The minimum atomic E-state index is -1.52. The summed E-state index contributed by atoms with van der Waals surface area (Å²) in [6, 6.07) is 10.5. The molecule has 3 atom stereocenters. The number of rotatable bonds is 11. The normalized spacial score (nSPS) is 21.3. The smallest absolute Gasteiger partial charge is 0.172 e. The Balaban J connectivity index is 1.31. The average Bonchev–Trinajstić information content (AvgIpc) is 2.94. The molecule has 12 heteroatoms. The van der Waals surface area contributed by atoms with E-state index < -0.39 is 11.2 Å². The predicted molar refractivity (Wildman–Crippen MR) is 161 cm³/mol. The van der Waals surface area contributed by atoms with Gasteiger partial charge in [-0.05, 0) is 38.7 Å². The number of aromatic nitrogens is 2. The molecule has 39 heavy (non-hydrogen) atoms. The Bertz CT molecular complexity index is 1100. The van der Waals surface area contributed by atoms with E-state index in [4.69, 9.17) is 22.5 Å². The number of hydrogen-bond acceptors (Lipinski definition) is 8. The van der Waals surface area contributed by atoms with Crippen LogP contribution in [0.3, 0.4) is 0 Å². The summed E-state index contributed by atoms with van der Waals surface area (Å²) < 4.78 is 13.5. The number of benzene rings is 1. The lowest BCUT2D eigenvalue weighted by Crippen LogP contribution is -2.58. The van der Waals surface area contributed by atoms with E-state index in [0.29, 0.717) is 60.2 Å². The molecule has 2 aliphatic rings. The number of likely N-dealkylation sites (tertiary alicyclic amines) is 1. The monoisotopic (exact) mass is 577 g/mol. The second-order valence-electron chi connectivity index (χ2n) is 10.6. The van der Waals surface area contributed by atoms with Crippen LogP contribution < -0.4 is 25.8 Å². The molecule has 3 heterocycles. The lowest BCUT2D eigenvalue weighted by molar-refractivity contribution is 0.0515. The Kier molecular flexibility index (Phi) is 10.9. The molecule has 3 unspecified atom stereocenters. The van der Waals surface area contributed by atoms with Crippen molar-refractivity contribution in [3.8, 4) is 0 Å². The lowest BCUT2D eigenvalue weighted by Gasteiger charge is -2.48. The van der Waals surface area contributed by atoms with E-state index in [0.717, 1.165) is 39.1 Å². The average molecular weight is 578 g/mol. The van der Waals surface area contributed by atoms with E-state index in [1.165, 1.54) is 24.0 Å². The van der Waals surface area contributed by atoms with Crippen LogP contribution in [-0.2, 0) is 17.7 Å². The fourth-order valence-corrected chi connectivity index (χ4v) is 6.36. The highest BCUT2D eigenvalue weighted by Gasteiger charge is 2.35. The molecule has 1 aromatic heterocycles. The third kappa shape index (κ3) is 7.87. The van der Waals surface area contributed by atoms with Crippen molar-refractivity contribution < 1.29 is 4.21 Å². The molecule has 0 amide bonds. The first-order chi connectivity index (χ1) is 18.8. The Morgan fingerprint density at radius 1 is 1.13 bits per heavy atom. The molecular weight excluding hydrogens is 534 g/mol. The second-order valence-corrected chi connectivity index (χ2v) is 11.9. The fraction of sp³-hybridized carbons (Fsp3) is 0.630. The van der Waals surface area contributed by atoms with Crippen LogP contribution in [0.4, 0.5) is 11.6 Å². The van der Waals surface area contributed by atoms with Gasteiger partial charge in [-0.15, -0.1) is 0 Å². The number of anilines is 2. The highest BCUT2D eigenvalue weighted by molar-refractivity contribution is 7.80. The van der Waals surface area contributed by atoms with Crippen molar-refractivity contribution in [2.75, 3.05) is 56.4 Å². The number of piperidine rings is 1. The molecule has 0 aliphatic carbocycles. The molecule has 2 saturated heterocycles. The number of nitrogens with two attached hydrogens (primary N) is 2.